The SMILES string of the molecule is CCCNCc1cc(F)cc(N2CCCC3CCCC32)c1. The lowest BCUT2D eigenvalue weighted by Crippen LogP contribution is -2.42. The van der Waals surface area contributed by atoms with Crippen molar-refractivity contribution in [3.63, 3.8) is 0 Å². The van der Waals surface area contributed by atoms with Crippen molar-refractivity contribution in [3.05, 3.63) is 29.6 Å². The minimum atomic E-state index is -0.0964. The van der Waals surface area contributed by atoms with Crippen LogP contribution in [0.25, 0.3) is 0 Å². The Labute approximate surface area is 127 Å². The van der Waals surface area contributed by atoms with Crippen molar-refractivity contribution in [2.75, 3.05) is 18.0 Å². The molecule has 3 heteroatoms. The Kier molecular flexibility index (Phi) is 4.79. The minimum Gasteiger partial charge on any atom is -0.368 e. The average Bonchev–Trinajstić information content (AvgIpc) is 2.95. The van der Waals surface area contributed by atoms with E-state index in [-0.39, 0.29) is 5.82 Å². The van der Waals surface area contributed by atoms with E-state index < -0.39 is 0 Å². The molecule has 2 unspecified atom stereocenters. The summed E-state index contributed by atoms with van der Waals surface area (Å²) in [7, 11) is 0. The van der Waals surface area contributed by atoms with Crippen LogP contribution in [0.4, 0.5) is 10.1 Å². The highest BCUT2D eigenvalue weighted by Crippen LogP contribution is 2.39. The highest BCUT2D eigenvalue weighted by molar-refractivity contribution is 5.51. The third-order valence-corrected chi connectivity index (χ3v) is 5.02. The van der Waals surface area contributed by atoms with Gasteiger partial charge in [0, 0.05) is 24.8 Å². The van der Waals surface area contributed by atoms with E-state index >= 15 is 0 Å². The Morgan fingerprint density at radius 1 is 1.19 bits per heavy atom. The zero-order valence-electron chi connectivity index (χ0n) is 13.1. The highest BCUT2D eigenvalue weighted by atomic mass is 19.1. The molecule has 1 saturated heterocycles. The summed E-state index contributed by atoms with van der Waals surface area (Å²) in [5.74, 6) is 0.740. The van der Waals surface area contributed by atoms with E-state index in [0.717, 1.165) is 43.2 Å². The van der Waals surface area contributed by atoms with E-state index in [2.05, 4.69) is 23.2 Å². The summed E-state index contributed by atoms with van der Waals surface area (Å²) in [6.07, 6.45) is 7.71. The Hall–Kier alpha value is -1.09. The maximum atomic E-state index is 14.0. The van der Waals surface area contributed by atoms with Gasteiger partial charge in [0.25, 0.3) is 0 Å². The normalized spacial score (nSPS) is 25.1. The molecule has 1 saturated carbocycles. The van der Waals surface area contributed by atoms with Crippen LogP contribution < -0.4 is 10.2 Å². The van der Waals surface area contributed by atoms with Crippen molar-refractivity contribution in [2.45, 2.75) is 58.0 Å². The molecule has 2 fully saturated rings. The second kappa shape index (κ2) is 6.78. The smallest absolute Gasteiger partial charge is 0.125 e. The number of nitrogens with zero attached hydrogens (tertiary/aromatic N) is 1. The molecule has 0 bridgehead atoms. The predicted molar refractivity (Wildman–Crippen MR) is 86.1 cm³/mol. The Morgan fingerprint density at radius 3 is 2.90 bits per heavy atom. The number of rotatable bonds is 5. The lowest BCUT2D eigenvalue weighted by Gasteiger charge is -2.39. The van der Waals surface area contributed by atoms with E-state index in [4.69, 9.17) is 0 Å². The molecular weight excluding hydrogens is 263 g/mol. The van der Waals surface area contributed by atoms with Crippen LogP contribution in [0.2, 0.25) is 0 Å². The average molecular weight is 290 g/mol. The van der Waals surface area contributed by atoms with Crippen molar-refractivity contribution in [1.82, 2.24) is 5.32 Å². The largest absolute Gasteiger partial charge is 0.368 e. The van der Waals surface area contributed by atoms with E-state index in [9.17, 15) is 4.39 Å². The van der Waals surface area contributed by atoms with Crippen molar-refractivity contribution < 1.29 is 4.39 Å². The monoisotopic (exact) mass is 290 g/mol. The molecule has 1 heterocycles. The van der Waals surface area contributed by atoms with Crippen LogP contribution in [0.3, 0.4) is 0 Å². The molecule has 3 rings (SSSR count). The zero-order chi connectivity index (χ0) is 14.7. The van der Waals surface area contributed by atoms with E-state index in [1.807, 2.05) is 0 Å². The molecule has 0 radical (unpaired) electrons. The first-order chi connectivity index (χ1) is 10.3. The van der Waals surface area contributed by atoms with Gasteiger partial charge in [-0.15, -0.1) is 0 Å². The summed E-state index contributed by atoms with van der Waals surface area (Å²) in [4.78, 5) is 2.48. The third kappa shape index (κ3) is 3.39. The van der Waals surface area contributed by atoms with Crippen LogP contribution in [0, 0.1) is 11.7 Å². The summed E-state index contributed by atoms with van der Waals surface area (Å²) < 4.78 is 14.0. The quantitative estimate of drug-likeness (QED) is 0.822. The minimum absolute atomic E-state index is 0.0964. The first kappa shape index (κ1) is 14.8. The molecule has 0 amide bonds. The van der Waals surface area contributed by atoms with Gasteiger partial charge in [0.1, 0.15) is 5.82 Å². The number of halogens is 1. The van der Waals surface area contributed by atoms with Gasteiger partial charge in [-0.3, -0.25) is 0 Å². The van der Waals surface area contributed by atoms with E-state index in [1.54, 1.807) is 12.1 Å². The number of fused-ring (bicyclic) bond motifs is 1. The van der Waals surface area contributed by atoms with Gasteiger partial charge >= 0.3 is 0 Å². The van der Waals surface area contributed by atoms with Gasteiger partial charge in [0.15, 0.2) is 0 Å². The first-order valence-corrected chi connectivity index (χ1v) is 8.54. The standard InChI is InChI=1S/C18H27FN2/c1-2-8-20-13-14-10-16(19)12-17(11-14)21-9-4-6-15-5-3-7-18(15)21/h10-12,15,18,20H,2-9,13H2,1H3. The topological polar surface area (TPSA) is 15.3 Å². The van der Waals surface area contributed by atoms with Crippen LogP contribution in [0.1, 0.15) is 51.0 Å². The van der Waals surface area contributed by atoms with E-state index in [1.165, 1.54) is 32.1 Å². The second-order valence-electron chi connectivity index (χ2n) is 6.59. The van der Waals surface area contributed by atoms with Crippen LogP contribution in [-0.2, 0) is 6.54 Å². The van der Waals surface area contributed by atoms with E-state index in [0.29, 0.717) is 6.04 Å². The molecule has 1 aliphatic carbocycles. The molecule has 1 aliphatic heterocycles. The number of hydrogen-bond acceptors (Lipinski definition) is 2. The van der Waals surface area contributed by atoms with Gasteiger partial charge in [0.05, 0.1) is 0 Å². The summed E-state index contributed by atoms with van der Waals surface area (Å²) in [5, 5.41) is 3.37. The molecule has 1 N–H and O–H groups in total. The summed E-state index contributed by atoms with van der Waals surface area (Å²) in [6.45, 7) is 4.99. The molecule has 21 heavy (non-hydrogen) atoms. The fourth-order valence-electron chi connectivity index (χ4n) is 4.09. The van der Waals surface area contributed by atoms with Gasteiger partial charge in [-0.2, -0.15) is 0 Å². The van der Waals surface area contributed by atoms with Crippen molar-refractivity contribution in [2.24, 2.45) is 5.92 Å². The zero-order valence-corrected chi connectivity index (χ0v) is 13.1. The molecule has 116 valence electrons. The lowest BCUT2D eigenvalue weighted by atomic mass is 9.91. The van der Waals surface area contributed by atoms with Crippen molar-refractivity contribution in [3.8, 4) is 0 Å². The number of anilines is 1. The number of hydrogen-bond donors (Lipinski definition) is 1. The third-order valence-electron chi connectivity index (χ3n) is 5.02. The molecule has 0 spiro atoms. The molecular formula is C18H27FN2. The molecule has 2 aliphatic rings. The van der Waals surface area contributed by atoms with Crippen molar-refractivity contribution in [1.29, 1.82) is 0 Å². The maximum Gasteiger partial charge on any atom is 0.125 e. The molecule has 1 aromatic rings. The van der Waals surface area contributed by atoms with Crippen LogP contribution in [0.5, 0.6) is 0 Å². The molecule has 2 nitrogen and oxygen atoms in total. The molecule has 0 aromatic heterocycles. The highest BCUT2D eigenvalue weighted by Gasteiger charge is 2.35. The maximum absolute atomic E-state index is 14.0. The summed E-state index contributed by atoms with van der Waals surface area (Å²) >= 11 is 0. The molecule has 1 aromatic carbocycles. The fourth-order valence-corrected chi connectivity index (χ4v) is 4.09. The fraction of sp³-hybridized carbons (Fsp3) is 0.667. The Morgan fingerprint density at radius 2 is 2.05 bits per heavy atom. The van der Waals surface area contributed by atoms with Gasteiger partial charge in [0.2, 0.25) is 0 Å². The number of nitrogens with one attached hydrogen (secondary N) is 1. The van der Waals surface area contributed by atoms with Crippen molar-refractivity contribution >= 4 is 5.69 Å². The predicted octanol–water partition coefficient (Wildman–Crippen LogP) is 4.09. The van der Waals surface area contributed by atoms with Gasteiger partial charge in [-0.25, -0.2) is 4.39 Å². The van der Waals surface area contributed by atoms with Crippen LogP contribution >= 0.6 is 0 Å². The summed E-state index contributed by atoms with van der Waals surface area (Å²) in [6, 6.07) is 6.23. The summed E-state index contributed by atoms with van der Waals surface area (Å²) in [5.41, 5.74) is 2.17. The lowest BCUT2D eigenvalue weighted by molar-refractivity contribution is 0.362. The second-order valence-corrected chi connectivity index (χ2v) is 6.59. The van der Waals surface area contributed by atoms with Crippen LogP contribution in [-0.4, -0.2) is 19.1 Å². The number of piperidine rings is 1. The van der Waals surface area contributed by atoms with Crippen LogP contribution in [0.15, 0.2) is 18.2 Å². The Bertz CT molecular complexity index is 474. The first-order valence-electron chi connectivity index (χ1n) is 8.54. The molecule has 2 atom stereocenters. The van der Waals surface area contributed by atoms with Gasteiger partial charge in [-0.05, 0) is 68.3 Å². The van der Waals surface area contributed by atoms with Gasteiger partial charge in [-0.1, -0.05) is 13.3 Å². The number of benzene rings is 1. The Balaban J connectivity index is 1.77. The van der Waals surface area contributed by atoms with Gasteiger partial charge < -0.3 is 10.2 Å².